The van der Waals surface area contributed by atoms with Crippen molar-refractivity contribution in [3.05, 3.63) is 60.4 Å². The SMILES string of the molecule is O=C(CCc1nc(-c2ccccn2)no1)N1CCN(c2ccccc2F)CC1. The number of para-hydroxylation sites is 1. The summed E-state index contributed by atoms with van der Waals surface area (Å²) in [5.41, 5.74) is 1.22. The van der Waals surface area contributed by atoms with E-state index >= 15 is 0 Å². The van der Waals surface area contributed by atoms with Crippen molar-refractivity contribution in [3.63, 3.8) is 0 Å². The van der Waals surface area contributed by atoms with E-state index in [0.717, 1.165) is 0 Å². The van der Waals surface area contributed by atoms with Gasteiger partial charge >= 0.3 is 0 Å². The maximum atomic E-state index is 13.9. The zero-order valence-corrected chi connectivity index (χ0v) is 15.3. The van der Waals surface area contributed by atoms with E-state index in [-0.39, 0.29) is 11.7 Å². The first-order valence-electron chi connectivity index (χ1n) is 9.22. The van der Waals surface area contributed by atoms with Crippen molar-refractivity contribution in [2.24, 2.45) is 0 Å². The molecule has 0 N–H and O–H groups in total. The minimum Gasteiger partial charge on any atom is -0.366 e. The van der Waals surface area contributed by atoms with Gasteiger partial charge < -0.3 is 14.3 Å². The van der Waals surface area contributed by atoms with Crippen molar-refractivity contribution < 1.29 is 13.7 Å². The molecule has 1 saturated heterocycles. The van der Waals surface area contributed by atoms with Crippen LogP contribution in [-0.4, -0.2) is 52.1 Å². The molecule has 0 saturated carbocycles. The lowest BCUT2D eigenvalue weighted by atomic mass is 10.2. The molecule has 8 heteroatoms. The van der Waals surface area contributed by atoms with Crippen LogP contribution in [0.25, 0.3) is 11.5 Å². The average Bonchev–Trinajstić information content (AvgIpc) is 3.22. The number of aromatic nitrogens is 3. The molecule has 1 amide bonds. The van der Waals surface area contributed by atoms with Gasteiger partial charge in [0.05, 0.1) is 5.69 Å². The van der Waals surface area contributed by atoms with Gasteiger partial charge in [0.1, 0.15) is 11.5 Å². The Morgan fingerprint density at radius 2 is 1.86 bits per heavy atom. The minimum absolute atomic E-state index is 0.0331. The molecule has 7 nitrogen and oxygen atoms in total. The first-order valence-corrected chi connectivity index (χ1v) is 9.22. The highest BCUT2D eigenvalue weighted by Gasteiger charge is 2.23. The van der Waals surface area contributed by atoms with Crippen molar-refractivity contribution in [1.29, 1.82) is 0 Å². The molecule has 0 radical (unpaired) electrons. The fourth-order valence-electron chi connectivity index (χ4n) is 3.23. The third-order valence-electron chi connectivity index (χ3n) is 4.74. The van der Waals surface area contributed by atoms with Crippen LogP contribution in [0.3, 0.4) is 0 Å². The highest BCUT2D eigenvalue weighted by Crippen LogP contribution is 2.20. The molecule has 3 heterocycles. The van der Waals surface area contributed by atoms with E-state index < -0.39 is 0 Å². The average molecular weight is 381 g/mol. The Balaban J connectivity index is 1.28. The monoisotopic (exact) mass is 381 g/mol. The number of carbonyl (C=O) groups is 1. The lowest BCUT2D eigenvalue weighted by molar-refractivity contribution is -0.131. The number of rotatable bonds is 5. The Morgan fingerprint density at radius 1 is 1.07 bits per heavy atom. The van der Waals surface area contributed by atoms with Crippen molar-refractivity contribution >= 4 is 11.6 Å². The fraction of sp³-hybridized carbons (Fsp3) is 0.300. The largest absolute Gasteiger partial charge is 0.366 e. The van der Waals surface area contributed by atoms with Crippen LogP contribution >= 0.6 is 0 Å². The summed E-state index contributed by atoms with van der Waals surface area (Å²) in [5, 5.41) is 3.91. The summed E-state index contributed by atoms with van der Waals surface area (Å²) >= 11 is 0. The number of aryl methyl sites for hydroxylation is 1. The summed E-state index contributed by atoms with van der Waals surface area (Å²) in [4.78, 5) is 24.7. The number of amides is 1. The molecule has 1 aliphatic heterocycles. The highest BCUT2D eigenvalue weighted by atomic mass is 19.1. The smallest absolute Gasteiger partial charge is 0.227 e. The second-order valence-corrected chi connectivity index (χ2v) is 6.55. The molecule has 3 aromatic rings. The Hall–Kier alpha value is -3.29. The molecular weight excluding hydrogens is 361 g/mol. The number of anilines is 1. The predicted molar refractivity (Wildman–Crippen MR) is 101 cm³/mol. The van der Waals surface area contributed by atoms with Crippen molar-refractivity contribution in [2.45, 2.75) is 12.8 Å². The van der Waals surface area contributed by atoms with Gasteiger partial charge in [0.25, 0.3) is 0 Å². The van der Waals surface area contributed by atoms with Crippen LogP contribution < -0.4 is 4.90 Å². The summed E-state index contributed by atoms with van der Waals surface area (Å²) < 4.78 is 19.1. The molecule has 1 fully saturated rings. The molecule has 0 aliphatic carbocycles. The molecule has 2 aromatic heterocycles. The molecule has 144 valence electrons. The summed E-state index contributed by atoms with van der Waals surface area (Å²) in [7, 11) is 0. The number of nitrogens with zero attached hydrogens (tertiary/aromatic N) is 5. The van der Waals surface area contributed by atoms with E-state index in [2.05, 4.69) is 15.1 Å². The number of benzene rings is 1. The lowest BCUT2D eigenvalue weighted by Gasteiger charge is -2.36. The highest BCUT2D eigenvalue weighted by molar-refractivity contribution is 5.76. The summed E-state index contributed by atoms with van der Waals surface area (Å²) in [6.45, 7) is 2.35. The first-order chi connectivity index (χ1) is 13.7. The quantitative estimate of drug-likeness (QED) is 0.676. The Bertz CT molecular complexity index is 939. The second kappa shape index (κ2) is 8.16. The Morgan fingerprint density at radius 3 is 2.61 bits per heavy atom. The topological polar surface area (TPSA) is 75.4 Å². The van der Waals surface area contributed by atoms with E-state index in [9.17, 15) is 9.18 Å². The van der Waals surface area contributed by atoms with Crippen LogP contribution in [0.4, 0.5) is 10.1 Å². The number of halogens is 1. The molecular formula is C20H20FN5O2. The van der Waals surface area contributed by atoms with E-state index in [0.29, 0.717) is 62.1 Å². The van der Waals surface area contributed by atoms with Gasteiger partial charge in [-0.1, -0.05) is 23.4 Å². The number of carbonyl (C=O) groups excluding carboxylic acids is 1. The number of piperazine rings is 1. The van der Waals surface area contributed by atoms with Gasteiger partial charge in [-0.15, -0.1) is 0 Å². The second-order valence-electron chi connectivity index (χ2n) is 6.55. The maximum absolute atomic E-state index is 13.9. The fourth-order valence-corrected chi connectivity index (χ4v) is 3.23. The first kappa shape index (κ1) is 18.1. The summed E-state index contributed by atoms with van der Waals surface area (Å²) in [5.74, 6) is 0.633. The molecule has 4 rings (SSSR count). The molecule has 0 spiro atoms. The van der Waals surface area contributed by atoms with Crippen molar-refractivity contribution in [1.82, 2.24) is 20.0 Å². The lowest BCUT2D eigenvalue weighted by Crippen LogP contribution is -2.49. The van der Waals surface area contributed by atoms with Gasteiger partial charge in [-0.2, -0.15) is 4.98 Å². The zero-order chi connectivity index (χ0) is 19.3. The maximum Gasteiger partial charge on any atom is 0.227 e. The molecule has 0 unspecified atom stereocenters. The van der Waals surface area contributed by atoms with Gasteiger partial charge in [-0.3, -0.25) is 9.78 Å². The molecule has 0 atom stereocenters. The van der Waals surface area contributed by atoms with Gasteiger partial charge in [-0.05, 0) is 24.3 Å². The predicted octanol–water partition coefficient (Wildman–Crippen LogP) is 2.55. The number of hydrogen-bond acceptors (Lipinski definition) is 6. The van der Waals surface area contributed by atoms with Gasteiger partial charge in [0.15, 0.2) is 0 Å². The van der Waals surface area contributed by atoms with Crippen molar-refractivity contribution in [2.75, 3.05) is 31.1 Å². The van der Waals surface area contributed by atoms with Crippen LogP contribution in [0.5, 0.6) is 0 Å². The van der Waals surface area contributed by atoms with Crippen LogP contribution in [-0.2, 0) is 11.2 Å². The third kappa shape index (κ3) is 4.00. The number of pyridine rings is 1. The van der Waals surface area contributed by atoms with E-state index in [1.807, 2.05) is 23.1 Å². The Labute approximate surface area is 161 Å². The Kier molecular flexibility index (Phi) is 5.27. The van der Waals surface area contributed by atoms with Crippen LogP contribution in [0, 0.1) is 5.82 Å². The van der Waals surface area contributed by atoms with Crippen molar-refractivity contribution in [3.8, 4) is 11.5 Å². The summed E-state index contributed by atoms with van der Waals surface area (Å²) in [6.07, 6.45) is 2.34. The van der Waals surface area contributed by atoms with Gasteiger partial charge in [0, 0.05) is 45.2 Å². The van der Waals surface area contributed by atoms with E-state index in [1.54, 1.807) is 29.3 Å². The molecule has 1 aliphatic rings. The van der Waals surface area contributed by atoms with E-state index in [4.69, 9.17) is 4.52 Å². The number of hydrogen-bond donors (Lipinski definition) is 0. The van der Waals surface area contributed by atoms with Crippen LogP contribution in [0.15, 0.2) is 53.2 Å². The summed E-state index contributed by atoms with van der Waals surface area (Å²) in [6, 6.07) is 12.2. The van der Waals surface area contributed by atoms with Gasteiger partial charge in [-0.25, -0.2) is 4.39 Å². The molecule has 1 aromatic carbocycles. The third-order valence-corrected chi connectivity index (χ3v) is 4.74. The van der Waals surface area contributed by atoms with Gasteiger partial charge in [0.2, 0.25) is 17.6 Å². The van der Waals surface area contributed by atoms with Crippen LogP contribution in [0.1, 0.15) is 12.3 Å². The standard InChI is InChI=1S/C20H20FN5O2/c21-15-5-1-2-7-17(15)25-11-13-26(14-12-25)19(27)9-8-18-23-20(24-28-18)16-6-3-4-10-22-16/h1-7,10H,8-9,11-14H2. The minimum atomic E-state index is -0.234. The van der Waals surface area contributed by atoms with E-state index in [1.165, 1.54) is 6.07 Å². The normalized spacial score (nSPS) is 14.3. The molecule has 0 bridgehead atoms. The molecule has 28 heavy (non-hydrogen) atoms. The zero-order valence-electron chi connectivity index (χ0n) is 15.3. The van der Waals surface area contributed by atoms with Crippen LogP contribution in [0.2, 0.25) is 0 Å².